The summed E-state index contributed by atoms with van der Waals surface area (Å²) in [5, 5.41) is 4.69. The standard InChI is InChI=1S/C16H15N3S2/c17-16-9-13(18-19(16)12-4-2-1-3-5-12)15-8-11-10-20-7-6-14(11)21-15/h1-5,8-9H,6-7,10,17H2. The highest BCUT2D eigenvalue weighted by Gasteiger charge is 2.17. The molecule has 0 bridgehead atoms. The number of nitrogens with zero attached hydrogens (tertiary/aromatic N) is 2. The molecule has 0 aliphatic carbocycles. The number of aryl methyl sites for hydroxylation is 1. The zero-order valence-corrected chi connectivity index (χ0v) is 13.1. The zero-order chi connectivity index (χ0) is 14.2. The molecule has 3 aromatic rings. The number of fused-ring (bicyclic) bond motifs is 1. The molecule has 2 aromatic heterocycles. The minimum absolute atomic E-state index is 0.678. The van der Waals surface area contributed by atoms with Crippen molar-refractivity contribution >= 4 is 28.9 Å². The van der Waals surface area contributed by atoms with Gasteiger partial charge in [-0.05, 0) is 35.9 Å². The number of thioether (sulfide) groups is 1. The maximum absolute atomic E-state index is 6.13. The average Bonchev–Trinajstić information content (AvgIpc) is 3.11. The summed E-state index contributed by atoms with van der Waals surface area (Å²) in [6, 6.07) is 14.3. The molecule has 0 atom stereocenters. The van der Waals surface area contributed by atoms with Crippen LogP contribution in [0.25, 0.3) is 16.3 Å². The van der Waals surface area contributed by atoms with Gasteiger partial charge in [-0.25, -0.2) is 4.68 Å². The van der Waals surface area contributed by atoms with Crippen molar-refractivity contribution in [2.24, 2.45) is 0 Å². The first kappa shape index (κ1) is 13.0. The molecular formula is C16H15N3S2. The molecule has 1 aliphatic rings. The summed E-state index contributed by atoms with van der Waals surface area (Å²) in [6.07, 6.45) is 1.18. The van der Waals surface area contributed by atoms with Gasteiger partial charge in [-0.3, -0.25) is 0 Å². The van der Waals surface area contributed by atoms with E-state index in [4.69, 9.17) is 5.73 Å². The minimum Gasteiger partial charge on any atom is -0.384 e. The van der Waals surface area contributed by atoms with E-state index in [1.54, 1.807) is 0 Å². The van der Waals surface area contributed by atoms with E-state index in [0.29, 0.717) is 5.82 Å². The second kappa shape index (κ2) is 5.24. The second-order valence-electron chi connectivity index (χ2n) is 5.06. The maximum Gasteiger partial charge on any atom is 0.127 e. The van der Waals surface area contributed by atoms with Crippen LogP contribution in [0.1, 0.15) is 10.4 Å². The van der Waals surface area contributed by atoms with Crippen molar-refractivity contribution in [1.29, 1.82) is 0 Å². The molecule has 5 heteroatoms. The summed E-state index contributed by atoms with van der Waals surface area (Å²) in [6.45, 7) is 0. The van der Waals surface area contributed by atoms with Gasteiger partial charge in [0.1, 0.15) is 11.5 Å². The third-order valence-electron chi connectivity index (χ3n) is 3.62. The molecular weight excluding hydrogens is 298 g/mol. The Labute approximate surface area is 131 Å². The van der Waals surface area contributed by atoms with Gasteiger partial charge in [0.05, 0.1) is 10.6 Å². The van der Waals surface area contributed by atoms with Crippen molar-refractivity contribution in [3.8, 4) is 16.3 Å². The number of anilines is 1. The van der Waals surface area contributed by atoms with Crippen LogP contribution in [-0.4, -0.2) is 15.5 Å². The molecule has 0 unspecified atom stereocenters. The third kappa shape index (κ3) is 2.36. The van der Waals surface area contributed by atoms with Gasteiger partial charge in [-0.15, -0.1) is 11.3 Å². The molecule has 0 fully saturated rings. The lowest BCUT2D eigenvalue weighted by Crippen LogP contribution is -2.00. The predicted molar refractivity (Wildman–Crippen MR) is 91.2 cm³/mol. The van der Waals surface area contributed by atoms with E-state index in [9.17, 15) is 0 Å². The summed E-state index contributed by atoms with van der Waals surface area (Å²) < 4.78 is 1.81. The molecule has 4 rings (SSSR count). The van der Waals surface area contributed by atoms with E-state index < -0.39 is 0 Å². The normalized spacial score (nSPS) is 14.1. The summed E-state index contributed by atoms with van der Waals surface area (Å²) in [5.41, 5.74) is 9.58. The van der Waals surface area contributed by atoms with Crippen LogP contribution in [0.5, 0.6) is 0 Å². The van der Waals surface area contributed by atoms with Crippen molar-refractivity contribution in [3.05, 3.63) is 52.9 Å². The molecule has 21 heavy (non-hydrogen) atoms. The lowest BCUT2D eigenvalue weighted by molar-refractivity contribution is 0.896. The Morgan fingerprint density at radius 3 is 2.81 bits per heavy atom. The van der Waals surface area contributed by atoms with Gasteiger partial charge in [-0.1, -0.05) is 18.2 Å². The van der Waals surface area contributed by atoms with E-state index >= 15 is 0 Å². The Morgan fingerprint density at radius 1 is 1.14 bits per heavy atom. The summed E-state index contributed by atoms with van der Waals surface area (Å²) >= 11 is 3.87. The number of nitrogens with two attached hydrogens (primary N) is 1. The van der Waals surface area contributed by atoms with Crippen molar-refractivity contribution in [1.82, 2.24) is 9.78 Å². The third-order valence-corrected chi connectivity index (χ3v) is 5.89. The van der Waals surface area contributed by atoms with Gasteiger partial charge >= 0.3 is 0 Å². The van der Waals surface area contributed by atoms with Gasteiger partial charge in [-0.2, -0.15) is 16.9 Å². The van der Waals surface area contributed by atoms with Crippen LogP contribution >= 0.6 is 23.1 Å². The first-order chi connectivity index (χ1) is 10.3. The second-order valence-corrected chi connectivity index (χ2v) is 7.31. The first-order valence-corrected chi connectivity index (χ1v) is 8.89. The number of hydrogen-bond donors (Lipinski definition) is 1. The average molecular weight is 313 g/mol. The number of aromatic nitrogens is 2. The minimum atomic E-state index is 0.678. The van der Waals surface area contributed by atoms with Crippen LogP contribution in [0.4, 0.5) is 5.82 Å². The largest absolute Gasteiger partial charge is 0.384 e. The molecule has 0 saturated heterocycles. The van der Waals surface area contributed by atoms with E-state index in [1.165, 1.54) is 27.5 Å². The smallest absolute Gasteiger partial charge is 0.127 e. The van der Waals surface area contributed by atoms with E-state index in [-0.39, 0.29) is 0 Å². The fourth-order valence-corrected chi connectivity index (χ4v) is 4.89. The highest BCUT2D eigenvalue weighted by atomic mass is 32.2. The highest BCUT2D eigenvalue weighted by Crippen LogP contribution is 2.37. The van der Waals surface area contributed by atoms with Gasteiger partial charge in [0.2, 0.25) is 0 Å². The number of thiophene rings is 1. The van der Waals surface area contributed by atoms with Crippen LogP contribution in [0.2, 0.25) is 0 Å². The quantitative estimate of drug-likeness (QED) is 0.778. The number of nitrogen functional groups attached to an aromatic ring is 1. The molecule has 0 amide bonds. The molecule has 0 spiro atoms. The maximum atomic E-state index is 6.13. The van der Waals surface area contributed by atoms with Crippen molar-refractivity contribution in [2.45, 2.75) is 12.2 Å². The fourth-order valence-electron chi connectivity index (χ4n) is 2.57. The number of rotatable bonds is 2. The van der Waals surface area contributed by atoms with Crippen LogP contribution in [0.15, 0.2) is 42.5 Å². The lowest BCUT2D eigenvalue weighted by Gasteiger charge is -2.08. The highest BCUT2D eigenvalue weighted by molar-refractivity contribution is 7.98. The Morgan fingerprint density at radius 2 is 2.00 bits per heavy atom. The Kier molecular flexibility index (Phi) is 3.24. The fraction of sp³-hybridized carbons (Fsp3) is 0.188. The number of hydrogen-bond acceptors (Lipinski definition) is 4. The summed E-state index contributed by atoms with van der Waals surface area (Å²) in [4.78, 5) is 2.74. The van der Waals surface area contributed by atoms with E-state index in [1.807, 2.05) is 64.2 Å². The van der Waals surface area contributed by atoms with Crippen molar-refractivity contribution in [2.75, 3.05) is 11.5 Å². The topological polar surface area (TPSA) is 43.8 Å². The molecule has 3 nitrogen and oxygen atoms in total. The molecule has 0 saturated carbocycles. The molecule has 2 N–H and O–H groups in total. The van der Waals surface area contributed by atoms with Gasteiger partial charge in [0.15, 0.2) is 0 Å². The van der Waals surface area contributed by atoms with Crippen LogP contribution in [0.3, 0.4) is 0 Å². The van der Waals surface area contributed by atoms with Crippen molar-refractivity contribution < 1.29 is 0 Å². The zero-order valence-electron chi connectivity index (χ0n) is 11.5. The summed E-state index contributed by atoms with van der Waals surface area (Å²) in [7, 11) is 0. The van der Waals surface area contributed by atoms with Gasteiger partial charge in [0, 0.05) is 16.7 Å². The first-order valence-electron chi connectivity index (χ1n) is 6.92. The predicted octanol–water partition coefficient (Wildman–Crippen LogP) is 3.97. The lowest BCUT2D eigenvalue weighted by atomic mass is 10.2. The van der Waals surface area contributed by atoms with Gasteiger partial charge < -0.3 is 5.73 Å². The Hall–Kier alpha value is -1.72. The Bertz CT molecular complexity index is 751. The van der Waals surface area contributed by atoms with Crippen molar-refractivity contribution in [3.63, 3.8) is 0 Å². The molecule has 1 aliphatic heterocycles. The van der Waals surface area contributed by atoms with Crippen LogP contribution in [-0.2, 0) is 12.2 Å². The molecule has 3 heterocycles. The van der Waals surface area contributed by atoms with Gasteiger partial charge in [0.25, 0.3) is 0 Å². The SMILES string of the molecule is Nc1cc(-c2cc3c(s2)CCSC3)nn1-c1ccccc1. The number of para-hydroxylation sites is 1. The monoisotopic (exact) mass is 313 g/mol. The molecule has 106 valence electrons. The molecule has 0 radical (unpaired) electrons. The molecule has 1 aromatic carbocycles. The Balaban J connectivity index is 1.75. The summed E-state index contributed by atoms with van der Waals surface area (Å²) in [5.74, 6) is 3.03. The number of benzene rings is 1. The van der Waals surface area contributed by atoms with E-state index in [0.717, 1.165) is 17.1 Å². The van der Waals surface area contributed by atoms with Crippen LogP contribution in [0, 0.1) is 0 Å². The van der Waals surface area contributed by atoms with Crippen LogP contribution < -0.4 is 5.73 Å². The van der Waals surface area contributed by atoms with E-state index in [2.05, 4.69) is 11.2 Å².